The molecule has 1 aliphatic rings. The quantitative estimate of drug-likeness (QED) is 0.170. The molecular weight excluding hydrogens is 673 g/mol. The van der Waals surface area contributed by atoms with Crippen LogP contribution in [0.25, 0.3) is 0 Å². The summed E-state index contributed by atoms with van der Waals surface area (Å²) in [5.41, 5.74) is 1.43. The van der Waals surface area contributed by atoms with E-state index in [1.165, 1.54) is 23.1 Å². The summed E-state index contributed by atoms with van der Waals surface area (Å²) in [6, 6.07) is 25.6. The van der Waals surface area contributed by atoms with Gasteiger partial charge in [0.05, 0.1) is 10.6 Å². The lowest BCUT2D eigenvalue weighted by Crippen LogP contribution is -2.54. The minimum Gasteiger partial charge on any atom is -0.486 e. The van der Waals surface area contributed by atoms with E-state index in [9.17, 15) is 18.0 Å². The molecule has 4 aromatic rings. The second-order valence-corrected chi connectivity index (χ2v) is 14.1. The minimum atomic E-state index is -4.29. The fourth-order valence-corrected chi connectivity index (χ4v) is 7.23. The van der Waals surface area contributed by atoms with Crippen molar-refractivity contribution in [3.8, 4) is 11.5 Å². The molecule has 0 fully saturated rings. The Kier molecular flexibility index (Phi) is 11.5. The molecule has 1 N–H and O–H groups in total. The molecule has 0 aliphatic carbocycles. The van der Waals surface area contributed by atoms with Crippen LogP contribution in [-0.2, 0) is 32.6 Å². The van der Waals surface area contributed by atoms with Gasteiger partial charge < -0.3 is 19.7 Å². The summed E-state index contributed by atoms with van der Waals surface area (Å²) in [5.74, 6) is -0.204. The number of hydrogen-bond donors (Lipinski definition) is 1. The number of nitrogens with zero attached hydrogens (tertiary/aromatic N) is 2. The third-order valence-electron chi connectivity index (χ3n) is 8.09. The van der Waals surface area contributed by atoms with Crippen LogP contribution in [0.15, 0.2) is 102 Å². The Morgan fingerprint density at radius 2 is 1.48 bits per heavy atom. The van der Waals surface area contributed by atoms with Crippen LogP contribution in [0.1, 0.15) is 31.4 Å². The molecule has 0 saturated heterocycles. The number of sulfonamides is 1. The first-order valence-corrected chi connectivity index (χ1v) is 17.8. The Labute approximate surface area is 291 Å². The fraction of sp³-hybridized carbons (Fsp3) is 0.278. The van der Waals surface area contributed by atoms with E-state index in [1.54, 1.807) is 48.5 Å². The third-order valence-corrected chi connectivity index (χ3v) is 10.6. The Bertz CT molecular complexity index is 1820. The van der Waals surface area contributed by atoms with Crippen molar-refractivity contribution in [2.45, 2.75) is 50.2 Å². The smallest absolute Gasteiger partial charge is 0.264 e. The van der Waals surface area contributed by atoms with Gasteiger partial charge in [0.15, 0.2) is 11.5 Å². The van der Waals surface area contributed by atoms with Crippen LogP contribution in [0.4, 0.5) is 5.69 Å². The Morgan fingerprint density at radius 1 is 0.854 bits per heavy atom. The normalized spacial score (nSPS) is 13.7. The largest absolute Gasteiger partial charge is 0.486 e. The predicted octanol–water partition coefficient (Wildman–Crippen LogP) is 6.51. The summed E-state index contributed by atoms with van der Waals surface area (Å²) in [4.78, 5) is 30.1. The minimum absolute atomic E-state index is 0.0104. The molecule has 252 valence electrons. The van der Waals surface area contributed by atoms with Crippen LogP contribution in [0.3, 0.4) is 0 Å². The van der Waals surface area contributed by atoms with Crippen molar-refractivity contribution >= 4 is 50.7 Å². The molecule has 9 nitrogen and oxygen atoms in total. The lowest BCUT2D eigenvalue weighted by molar-refractivity contribution is -0.140. The monoisotopic (exact) mass is 709 g/mol. The molecule has 2 amide bonds. The first-order chi connectivity index (χ1) is 23.1. The van der Waals surface area contributed by atoms with Crippen LogP contribution in [0.2, 0.25) is 10.0 Å². The predicted molar refractivity (Wildman–Crippen MR) is 187 cm³/mol. The number of amides is 2. The molecule has 0 bridgehead atoms. The van der Waals surface area contributed by atoms with Crippen LogP contribution in [0.5, 0.6) is 11.5 Å². The van der Waals surface area contributed by atoms with Gasteiger partial charge in [0, 0.05) is 40.7 Å². The van der Waals surface area contributed by atoms with E-state index in [1.807, 2.05) is 44.2 Å². The molecule has 5 rings (SSSR count). The molecule has 4 aromatic carbocycles. The highest BCUT2D eigenvalue weighted by molar-refractivity contribution is 7.92. The average molecular weight is 711 g/mol. The van der Waals surface area contributed by atoms with Crippen LogP contribution in [-0.4, -0.2) is 57.0 Å². The van der Waals surface area contributed by atoms with Crippen LogP contribution >= 0.6 is 23.2 Å². The van der Waals surface area contributed by atoms with Crippen LogP contribution < -0.4 is 19.1 Å². The van der Waals surface area contributed by atoms with E-state index in [-0.39, 0.29) is 35.5 Å². The summed E-state index contributed by atoms with van der Waals surface area (Å²) in [5, 5.41) is 3.63. The number of benzene rings is 4. The molecule has 1 aliphatic heterocycles. The van der Waals surface area contributed by atoms with Crippen molar-refractivity contribution in [2.24, 2.45) is 0 Å². The second-order valence-electron chi connectivity index (χ2n) is 11.4. The average Bonchev–Trinajstić information content (AvgIpc) is 3.10. The molecule has 0 aromatic heterocycles. The van der Waals surface area contributed by atoms with Gasteiger partial charge in [-0.3, -0.25) is 13.9 Å². The summed E-state index contributed by atoms with van der Waals surface area (Å²) >= 11 is 13.2. The second kappa shape index (κ2) is 15.8. The molecule has 1 heterocycles. The van der Waals surface area contributed by atoms with E-state index in [4.69, 9.17) is 32.7 Å². The molecule has 0 radical (unpaired) electrons. The number of rotatable bonds is 13. The van der Waals surface area contributed by atoms with Crippen molar-refractivity contribution in [1.82, 2.24) is 10.2 Å². The van der Waals surface area contributed by atoms with Gasteiger partial charge in [0.2, 0.25) is 11.8 Å². The number of halogens is 2. The Hall–Kier alpha value is -4.25. The van der Waals surface area contributed by atoms with E-state index in [2.05, 4.69) is 5.32 Å². The number of carbonyl (C=O) groups excluding carboxylic acids is 2. The topological polar surface area (TPSA) is 105 Å². The number of nitrogens with one attached hydrogen (secondary N) is 1. The SMILES string of the molecule is CCC(C)NC(=O)C(Cc1ccccc1)N(Cc1c(Cl)cccc1Cl)C(=O)CN(c1ccc2c(c1)OCCO2)S(=O)(=O)c1ccccc1. The fourth-order valence-electron chi connectivity index (χ4n) is 5.28. The molecule has 2 atom stereocenters. The van der Waals surface area contributed by atoms with Crippen molar-refractivity contribution in [1.29, 1.82) is 0 Å². The van der Waals surface area contributed by atoms with Gasteiger partial charge in [-0.05, 0) is 55.3 Å². The van der Waals surface area contributed by atoms with Crippen molar-refractivity contribution < 1.29 is 27.5 Å². The van der Waals surface area contributed by atoms with Crippen molar-refractivity contribution in [3.05, 3.63) is 118 Å². The number of carbonyl (C=O) groups is 2. The number of ether oxygens (including phenoxy) is 2. The first kappa shape index (κ1) is 35.1. The number of anilines is 1. The Morgan fingerprint density at radius 3 is 2.12 bits per heavy atom. The summed E-state index contributed by atoms with van der Waals surface area (Å²) in [7, 11) is -4.29. The van der Waals surface area contributed by atoms with E-state index >= 15 is 0 Å². The van der Waals surface area contributed by atoms with Gasteiger partial charge in [-0.1, -0.05) is 84.7 Å². The van der Waals surface area contributed by atoms with Crippen molar-refractivity contribution in [2.75, 3.05) is 24.1 Å². The van der Waals surface area contributed by atoms with Gasteiger partial charge in [0.1, 0.15) is 25.8 Å². The standard InChI is InChI=1S/C36H37Cl2N3O6S/c1-3-25(2)39-36(43)32(21-26-11-6-4-7-12-26)40(23-29-30(37)15-10-16-31(29)38)35(42)24-41(48(44,45)28-13-8-5-9-14-28)27-17-18-33-34(22-27)47-20-19-46-33/h4-18,22,25,32H,3,19-21,23-24H2,1-2H3,(H,39,43). The number of hydrogen-bond acceptors (Lipinski definition) is 6. The molecule has 48 heavy (non-hydrogen) atoms. The maximum atomic E-state index is 14.7. The van der Waals surface area contributed by atoms with Gasteiger partial charge >= 0.3 is 0 Å². The molecule has 2 unspecified atom stereocenters. The van der Waals surface area contributed by atoms with Gasteiger partial charge in [0.25, 0.3) is 10.0 Å². The molecule has 0 saturated carbocycles. The maximum absolute atomic E-state index is 14.7. The summed E-state index contributed by atoms with van der Waals surface area (Å²) in [6.07, 6.45) is 0.827. The van der Waals surface area contributed by atoms with Gasteiger partial charge in [-0.15, -0.1) is 0 Å². The zero-order valence-corrected chi connectivity index (χ0v) is 29.0. The van der Waals surface area contributed by atoms with E-state index < -0.39 is 28.5 Å². The Balaban J connectivity index is 1.61. The molecule has 12 heteroatoms. The van der Waals surface area contributed by atoms with E-state index in [0.717, 1.165) is 9.87 Å². The van der Waals surface area contributed by atoms with E-state index in [0.29, 0.717) is 46.7 Å². The summed E-state index contributed by atoms with van der Waals surface area (Å²) in [6.45, 7) is 3.69. The van der Waals surface area contributed by atoms with Gasteiger partial charge in [-0.25, -0.2) is 8.42 Å². The first-order valence-electron chi connectivity index (χ1n) is 15.6. The lowest BCUT2D eigenvalue weighted by Gasteiger charge is -2.35. The van der Waals surface area contributed by atoms with Crippen molar-refractivity contribution in [3.63, 3.8) is 0 Å². The lowest BCUT2D eigenvalue weighted by atomic mass is 10.0. The molecular formula is C36H37Cl2N3O6S. The highest BCUT2D eigenvalue weighted by atomic mass is 35.5. The summed E-state index contributed by atoms with van der Waals surface area (Å²) < 4.78 is 41.0. The zero-order valence-electron chi connectivity index (χ0n) is 26.6. The maximum Gasteiger partial charge on any atom is 0.264 e. The zero-order chi connectivity index (χ0) is 34.3. The van der Waals surface area contributed by atoms with Crippen LogP contribution in [0, 0.1) is 0 Å². The third kappa shape index (κ3) is 8.24. The highest BCUT2D eigenvalue weighted by Crippen LogP contribution is 2.36. The number of fused-ring (bicyclic) bond motifs is 1. The molecule has 0 spiro atoms. The highest BCUT2D eigenvalue weighted by Gasteiger charge is 2.36. The van der Waals surface area contributed by atoms with Gasteiger partial charge in [-0.2, -0.15) is 0 Å².